The summed E-state index contributed by atoms with van der Waals surface area (Å²) in [5.41, 5.74) is 6.23. The summed E-state index contributed by atoms with van der Waals surface area (Å²) in [4.78, 5) is 2.83. The topological polar surface area (TPSA) is 26.0 Å². The zero-order chi connectivity index (χ0) is 9.47. The smallest absolute Gasteiger partial charge is 0.0317 e. The lowest BCUT2D eigenvalue weighted by atomic mass is 10.1. The fraction of sp³-hybridized carbons (Fsp3) is 0.600. The third-order valence-electron chi connectivity index (χ3n) is 2.62. The van der Waals surface area contributed by atoms with Gasteiger partial charge in [0.05, 0.1) is 0 Å². The van der Waals surface area contributed by atoms with Crippen LogP contribution in [-0.4, -0.2) is 5.54 Å². The van der Waals surface area contributed by atoms with Crippen LogP contribution < -0.4 is 5.73 Å². The summed E-state index contributed by atoms with van der Waals surface area (Å²) in [6, 6.07) is 2.19. The molecule has 1 nitrogen and oxygen atoms in total. The number of thiophene rings is 1. The highest BCUT2D eigenvalue weighted by Gasteiger charge is 2.37. The van der Waals surface area contributed by atoms with Crippen LogP contribution in [-0.2, 0) is 6.42 Å². The predicted octanol–water partition coefficient (Wildman–Crippen LogP) is 3.24. The molecule has 0 unspecified atom stereocenters. The molecule has 1 aromatic heterocycles. The predicted molar refractivity (Wildman–Crippen MR) is 61.2 cm³/mol. The van der Waals surface area contributed by atoms with E-state index in [-0.39, 0.29) is 5.54 Å². The van der Waals surface area contributed by atoms with Crippen LogP contribution in [0.3, 0.4) is 0 Å². The molecule has 1 aliphatic carbocycles. The number of hydrogen-bond acceptors (Lipinski definition) is 2. The van der Waals surface area contributed by atoms with Crippen LogP contribution in [0.4, 0.5) is 0 Å². The summed E-state index contributed by atoms with van der Waals surface area (Å²) in [5, 5.41) is 0. The van der Waals surface area contributed by atoms with Gasteiger partial charge in [-0.15, -0.1) is 11.3 Å². The number of halogens is 1. The van der Waals surface area contributed by atoms with Crippen molar-refractivity contribution >= 4 is 27.3 Å². The summed E-state index contributed by atoms with van der Waals surface area (Å²) < 4.78 is 1.26. The molecule has 2 N–H and O–H groups in total. The van der Waals surface area contributed by atoms with Gasteiger partial charge in [-0.05, 0) is 54.6 Å². The molecule has 1 aliphatic rings. The van der Waals surface area contributed by atoms with Gasteiger partial charge in [0, 0.05) is 19.8 Å². The summed E-state index contributed by atoms with van der Waals surface area (Å²) in [6.07, 6.45) is 4.71. The molecule has 0 spiro atoms. The molecule has 1 heterocycles. The van der Waals surface area contributed by atoms with E-state index in [2.05, 4.69) is 28.9 Å². The van der Waals surface area contributed by atoms with Crippen molar-refractivity contribution in [3.8, 4) is 0 Å². The summed E-state index contributed by atoms with van der Waals surface area (Å²) in [5.74, 6) is 0. The molecule has 0 saturated heterocycles. The minimum atomic E-state index is 0.192. The van der Waals surface area contributed by atoms with Gasteiger partial charge in [0.1, 0.15) is 0 Å². The fourth-order valence-electron chi connectivity index (χ4n) is 1.47. The maximum atomic E-state index is 6.04. The maximum absolute atomic E-state index is 6.04. The highest BCUT2D eigenvalue weighted by molar-refractivity contribution is 9.10. The zero-order valence-electron chi connectivity index (χ0n) is 7.77. The molecule has 3 heteroatoms. The zero-order valence-corrected chi connectivity index (χ0v) is 10.2. The van der Waals surface area contributed by atoms with Gasteiger partial charge in [-0.2, -0.15) is 0 Å². The molecule has 0 radical (unpaired) electrons. The Morgan fingerprint density at radius 1 is 1.62 bits per heavy atom. The highest BCUT2D eigenvalue weighted by Crippen LogP contribution is 2.38. The van der Waals surface area contributed by atoms with Crippen LogP contribution in [0.15, 0.2) is 10.5 Å². The van der Waals surface area contributed by atoms with Gasteiger partial charge in [0.25, 0.3) is 0 Å². The Kier molecular flexibility index (Phi) is 2.51. The average molecular weight is 260 g/mol. The second-order valence-corrected chi connectivity index (χ2v) is 6.19. The molecule has 1 aromatic rings. The summed E-state index contributed by atoms with van der Waals surface area (Å²) in [6.45, 7) is 2.15. The Morgan fingerprint density at radius 3 is 2.77 bits per heavy atom. The first-order valence-corrected chi connectivity index (χ1v) is 6.24. The Labute approximate surface area is 91.5 Å². The Hall–Kier alpha value is 0.140. The lowest BCUT2D eigenvalue weighted by Gasteiger charge is -2.06. The van der Waals surface area contributed by atoms with Gasteiger partial charge in [-0.1, -0.05) is 0 Å². The Bertz CT molecular complexity index is 315. The van der Waals surface area contributed by atoms with E-state index in [9.17, 15) is 0 Å². The van der Waals surface area contributed by atoms with Crippen molar-refractivity contribution in [3.05, 3.63) is 20.3 Å². The molecule has 0 amide bonds. The van der Waals surface area contributed by atoms with Crippen LogP contribution >= 0.6 is 27.3 Å². The molecule has 2 rings (SSSR count). The van der Waals surface area contributed by atoms with Crippen LogP contribution in [0.5, 0.6) is 0 Å². The first-order chi connectivity index (χ1) is 6.09. The molecule has 0 aromatic carbocycles. The van der Waals surface area contributed by atoms with Crippen LogP contribution in [0, 0.1) is 6.92 Å². The van der Waals surface area contributed by atoms with Crippen LogP contribution in [0.2, 0.25) is 0 Å². The Balaban J connectivity index is 1.97. The molecule has 72 valence electrons. The summed E-state index contributed by atoms with van der Waals surface area (Å²) in [7, 11) is 0. The van der Waals surface area contributed by atoms with E-state index in [1.54, 1.807) is 0 Å². The van der Waals surface area contributed by atoms with Gasteiger partial charge in [0.15, 0.2) is 0 Å². The average Bonchev–Trinajstić information content (AvgIpc) is 2.69. The van der Waals surface area contributed by atoms with E-state index >= 15 is 0 Å². The van der Waals surface area contributed by atoms with Crippen molar-refractivity contribution in [1.82, 2.24) is 0 Å². The van der Waals surface area contributed by atoms with Gasteiger partial charge < -0.3 is 5.73 Å². The maximum Gasteiger partial charge on any atom is 0.0317 e. The minimum absolute atomic E-state index is 0.192. The number of hydrogen-bond donors (Lipinski definition) is 1. The van der Waals surface area contributed by atoms with Crippen molar-refractivity contribution < 1.29 is 0 Å². The van der Waals surface area contributed by atoms with E-state index in [1.807, 2.05) is 11.3 Å². The molecular formula is C10H14BrNS. The van der Waals surface area contributed by atoms with Crippen LogP contribution in [0.25, 0.3) is 0 Å². The number of nitrogens with two attached hydrogens (primary N) is 1. The molecule has 1 saturated carbocycles. The largest absolute Gasteiger partial charge is 0.325 e. The van der Waals surface area contributed by atoms with Crippen molar-refractivity contribution in [2.24, 2.45) is 5.73 Å². The number of aryl methyl sites for hydroxylation is 2. The lowest BCUT2D eigenvalue weighted by Crippen LogP contribution is -2.21. The standard InChI is InChI=1S/C10H14BrNS/c1-7-6-8(11)9(13-7)2-3-10(12)4-5-10/h6H,2-5,12H2,1H3. The van der Waals surface area contributed by atoms with Gasteiger partial charge >= 0.3 is 0 Å². The second kappa shape index (κ2) is 3.37. The minimum Gasteiger partial charge on any atom is -0.325 e. The molecule has 0 atom stereocenters. The second-order valence-electron chi connectivity index (χ2n) is 3.99. The van der Waals surface area contributed by atoms with E-state index in [4.69, 9.17) is 5.73 Å². The van der Waals surface area contributed by atoms with Crippen LogP contribution in [0.1, 0.15) is 29.0 Å². The molecule has 0 bridgehead atoms. The fourth-order valence-corrected chi connectivity index (χ4v) is 3.34. The van der Waals surface area contributed by atoms with Crippen molar-refractivity contribution in [2.45, 2.75) is 38.1 Å². The van der Waals surface area contributed by atoms with E-state index in [0.29, 0.717) is 0 Å². The van der Waals surface area contributed by atoms with Crippen molar-refractivity contribution in [1.29, 1.82) is 0 Å². The SMILES string of the molecule is Cc1cc(Br)c(CCC2(N)CC2)s1. The monoisotopic (exact) mass is 259 g/mol. The molecule has 0 aliphatic heterocycles. The van der Waals surface area contributed by atoms with Crippen molar-refractivity contribution in [3.63, 3.8) is 0 Å². The van der Waals surface area contributed by atoms with Crippen molar-refractivity contribution in [2.75, 3.05) is 0 Å². The molecule has 13 heavy (non-hydrogen) atoms. The highest BCUT2D eigenvalue weighted by atomic mass is 79.9. The lowest BCUT2D eigenvalue weighted by molar-refractivity contribution is 0.612. The van der Waals surface area contributed by atoms with Gasteiger partial charge in [-0.3, -0.25) is 0 Å². The van der Waals surface area contributed by atoms with Gasteiger partial charge in [0.2, 0.25) is 0 Å². The van der Waals surface area contributed by atoms with E-state index in [1.165, 1.54) is 27.1 Å². The van der Waals surface area contributed by atoms with E-state index < -0.39 is 0 Å². The first kappa shape index (κ1) is 9.69. The van der Waals surface area contributed by atoms with Gasteiger partial charge in [-0.25, -0.2) is 0 Å². The third-order valence-corrected chi connectivity index (χ3v) is 4.70. The quantitative estimate of drug-likeness (QED) is 0.887. The molecular weight excluding hydrogens is 246 g/mol. The first-order valence-electron chi connectivity index (χ1n) is 4.63. The Morgan fingerprint density at radius 2 is 2.31 bits per heavy atom. The third kappa shape index (κ3) is 2.33. The normalized spacial score (nSPS) is 19.0. The summed E-state index contributed by atoms with van der Waals surface area (Å²) >= 11 is 5.46. The molecule has 1 fully saturated rings. The van der Waals surface area contributed by atoms with E-state index in [0.717, 1.165) is 12.8 Å². The number of rotatable bonds is 3.